The molecule has 1 aromatic carbocycles. The van der Waals surface area contributed by atoms with Crippen LogP contribution < -0.4 is 10.1 Å². The van der Waals surface area contributed by atoms with E-state index in [4.69, 9.17) is 4.74 Å². The molecule has 1 amide bonds. The predicted molar refractivity (Wildman–Crippen MR) is 62.8 cm³/mol. The molecule has 86 valence electrons. The minimum absolute atomic E-state index is 0.0263. The summed E-state index contributed by atoms with van der Waals surface area (Å²) >= 11 is 0. The zero-order valence-corrected chi connectivity index (χ0v) is 9.75. The highest BCUT2D eigenvalue weighted by Gasteiger charge is 2.21. The monoisotopic (exact) mass is 219 g/mol. The number of hydrogen-bond donors (Lipinski definition) is 1. The SMILES string of the molecule is COc1cc(C)ccc1C(=O)NC1CCC1. The van der Waals surface area contributed by atoms with E-state index in [1.807, 2.05) is 25.1 Å². The van der Waals surface area contributed by atoms with Crippen LogP contribution in [0.4, 0.5) is 0 Å². The number of hydrogen-bond acceptors (Lipinski definition) is 2. The highest BCUT2D eigenvalue weighted by Crippen LogP contribution is 2.22. The Balaban J connectivity index is 2.14. The Hall–Kier alpha value is -1.51. The van der Waals surface area contributed by atoms with Gasteiger partial charge in [0.15, 0.2) is 0 Å². The summed E-state index contributed by atoms with van der Waals surface area (Å²) in [6.45, 7) is 1.98. The predicted octanol–water partition coefficient (Wildman–Crippen LogP) is 2.29. The van der Waals surface area contributed by atoms with Crippen molar-refractivity contribution in [1.29, 1.82) is 0 Å². The van der Waals surface area contributed by atoms with Crippen LogP contribution in [0.2, 0.25) is 0 Å². The second kappa shape index (κ2) is 4.56. The van der Waals surface area contributed by atoms with E-state index in [0.29, 0.717) is 17.4 Å². The number of carbonyl (C=O) groups is 1. The van der Waals surface area contributed by atoms with Crippen molar-refractivity contribution in [3.05, 3.63) is 29.3 Å². The third kappa shape index (κ3) is 2.18. The number of carbonyl (C=O) groups excluding carboxylic acids is 1. The first-order valence-corrected chi connectivity index (χ1v) is 5.66. The van der Waals surface area contributed by atoms with Gasteiger partial charge in [-0.05, 0) is 43.9 Å². The van der Waals surface area contributed by atoms with E-state index in [9.17, 15) is 4.79 Å². The van der Waals surface area contributed by atoms with Crippen LogP contribution in [0.15, 0.2) is 18.2 Å². The van der Waals surface area contributed by atoms with E-state index in [2.05, 4.69) is 5.32 Å². The van der Waals surface area contributed by atoms with Crippen LogP contribution in [0.1, 0.15) is 35.2 Å². The van der Waals surface area contributed by atoms with Gasteiger partial charge in [-0.15, -0.1) is 0 Å². The lowest BCUT2D eigenvalue weighted by Gasteiger charge is -2.26. The zero-order valence-electron chi connectivity index (χ0n) is 9.75. The zero-order chi connectivity index (χ0) is 11.5. The van der Waals surface area contributed by atoms with Gasteiger partial charge in [0, 0.05) is 6.04 Å². The van der Waals surface area contributed by atoms with Crippen molar-refractivity contribution in [3.8, 4) is 5.75 Å². The summed E-state index contributed by atoms with van der Waals surface area (Å²) in [5, 5.41) is 3.01. The normalized spacial score (nSPS) is 15.4. The lowest BCUT2D eigenvalue weighted by atomic mass is 9.93. The van der Waals surface area contributed by atoms with E-state index >= 15 is 0 Å². The van der Waals surface area contributed by atoms with Crippen LogP contribution in [0.3, 0.4) is 0 Å². The summed E-state index contributed by atoms with van der Waals surface area (Å²) in [4.78, 5) is 11.9. The first-order chi connectivity index (χ1) is 7.70. The van der Waals surface area contributed by atoms with E-state index in [0.717, 1.165) is 18.4 Å². The van der Waals surface area contributed by atoms with E-state index in [1.165, 1.54) is 6.42 Å². The maximum atomic E-state index is 11.9. The maximum Gasteiger partial charge on any atom is 0.255 e. The first kappa shape index (κ1) is 11.0. The molecule has 1 fully saturated rings. The summed E-state index contributed by atoms with van der Waals surface area (Å²) in [6.07, 6.45) is 3.41. The van der Waals surface area contributed by atoms with Crippen molar-refractivity contribution in [1.82, 2.24) is 5.32 Å². The van der Waals surface area contributed by atoms with Gasteiger partial charge < -0.3 is 10.1 Å². The van der Waals surface area contributed by atoms with Gasteiger partial charge in [0.05, 0.1) is 12.7 Å². The minimum Gasteiger partial charge on any atom is -0.496 e. The summed E-state index contributed by atoms with van der Waals surface area (Å²) in [5.41, 5.74) is 1.72. The minimum atomic E-state index is -0.0263. The molecule has 0 unspecified atom stereocenters. The van der Waals surface area contributed by atoms with Gasteiger partial charge in [-0.2, -0.15) is 0 Å². The molecule has 0 atom stereocenters. The fourth-order valence-electron chi connectivity index (χ4n) is 1.80. The van der Waals surface area contributed by atoms with Crippen molar-refractivity contribution < 1.29 is 9.53 Å². The third-order valence-corrected chi connectivity index (χ3v) is 3.04. The summed E-state index contributed by atoms with van der Waals surface area (Å²) in [5.74, 6) is 0.623. The van der Waals surface area contributed by atoms with Crippen molar-refractivity contribution in [2.75, 3.05) is 7.11 Å². The molecule has 0 saturated heterocycles. The van der Waals surface area contributed by atoms with Gasteiger partial charge in [-0.25, -0.2) is 0 Å². The highest BCUT2D eigenvalue weighted by atomic mass is 16.5. The summed E-state index contributed by atoms with van der Waals surface area (Å²) in [6, 6.07) is 5.99. The van der Waals surface area contributed by atoms with Crippen LogP contribution in [0.5, 0.6) is 5.75 Å². The van der Waals surface area contributed by atoms with Crippen molar-refractivity contribution >= 4 is 5.91 Å². The first-order valence-electron chi connectivity index (χ1n) is 5.66. The largest absolute Gasteiger partial charge is 0.496 e. The van der Waals surface area contributed by atoms with Gasteiger partial charge in [0.2, 0.25) is 0 Å². The van der Waals surface area contributed by atoms with Gasteiger partial charge in [-0.3, -0.25) is 4.79 Å². The lowest BCUT2D eigenvalue weighted by Crippen LogP contribution is -2.39. The number of nitrogens with one attached hydrogen (secondary N) is 1. The van der Waals surface area contributed by atoms with E-state index in [1.54, 1.807) is 7.11 Å². The molecule has 3 heteroatoms. The van der Waals surface area contributed by atoms with Crippen LogP contribution in [0, 0.1) is 6.92 Å². The summed E-state index contributed by atoms with van der Waals surface area (Å²) in [7, 11) is 1.59. The molecule has 0 spiro atoms. The van der Waals surface area contributed by atoms with E-state index < -0.39 is 0 Å². The molecule has 2 rings (SSSR count). The highest BCUT2D eigenvalue weighted by molar-refractivity contribution is 5.97. The van der Waals surface area contributed by atoms with Crippen molar-refractivity contribution in [3.63, 3.8) is 0 Å². The van der Waals surface area contributed by atoms with Crippen LogP contribution >= 0.6 is 0 Å². The molecule has 1 aromatic rings. The average molecular weight is 219 g/mol. The topological polar surface area (TPSA) is 38.3 Å². The molecule has 0 heterocycles. The average Bonchev–Trinajstić information content (AvgIpc) is 2.23. The molecule has 16 heavy (non-hydrogen) atoms. The van der Waals surface area contributed by atoms with Crippen LogP contribution in [-0.2, 0) is 0 Å². The molecular formula is C13H17NO2. The Labute approximate surface area is 95.8 Å². The van der Waals surface area contributed by atoms with Gasteiger partial charge in [0.25, 0.3) is 5.91 Å². The number of rotatable bonds is 3. The van der Waals surface area contributed by atoms with Crippen LogP contribution in [-0.4, -0.2) is 19.1 Å². The molecule has 0 aliphatic heterocycles. The molecule has 0 aromatic heterocycles. The Kier molecular flexibility index (Phi) is 3.13. The van der Waals surface area contributed by atoms with Crippen molar-refractivity contribution in [2.24, 2.45) is 0 Å². The molecule has 1 N–H and O–H groups in total. The molecule has 1 aliphatic rings. The van der Waals surface area contributed by atoms with Crippen LogP contribution in [0.25, 0.3) is 0 Å². The van der Waals surface area contributed by atoms with Gasteiger partial charge in [0.1, 0.15) is 5.75 Å². The number of amides is 1. The molecule has 1 saturated carbocycles. The third-order valence-electron chi connectivity index (χ3n) is 3.04. The molecule has 1 aliphatic carbocycles. The number of methoxy groups -OCH3 is 1. The Bertz CT molecular complexity index is 397. The second-order valence-corrected chi connectivity index (χ2v) is 4.31. The van der Waals surface area contributed by atoms with E-state index in [-0.39, 0.29) is 5.91 Å². The smallest absolute Gasteiger partial charge is 0.255 e. The fourth-order valence-corrected chi connectivity index (χ4v) is 1.80. The summed E-state index contributed by atoms with van der Waals surface area (Å²) < 4.78 is 5.22. The number of aryl methyl sites for hydroxylation is 1. The lowest BCUT2D eigenvalue weighted by molar-refractivity contribution is 0.0914. The second-order valence-electron chi connectivity index (χ2n) is 4.31. The molecular weight excluding hydrogens is 202 g/mol. The Morgan fingerprint density at radius 3 is 2.75 bits per heavy atom. The number of ether oxygens (including phenoxy) is 1. The van der Waals surface area contributed by atoms with Gasteiger partial charge >= 0.3 is 0 Å². The fraction of sp³-hybridized carbons (Fsp3) is 0.462. The molecule has 3 nitrogen and oxygen atoms in total. The Morgan fingerprint density at radius 1 is 1.44 bits per heavy atom. The van der Waals surface area contributed by atoms with Gasteiger partial charge in [-0.1, -0.05) is 6.07 Å². The quantitative estimate of drug-likeness (QED) is 0.847. The van der Waals surface area contributed by atoms with Crippen molar-refractivity contribution in [2.45, 2.75) is 32.2 Å². The molecule has 0 radical (unpaired) electrons. The Morgan fingerprint density at radius 2 is 2.19 bits per heavy atom. The maximum absolute atomic E-state index is 11.9. The number of benzene rings is 1. The standard InChI is InChI=1S/C13H17NO2/c1-9-6-7-11(12(8-9)16-2)13(15)14-10-4-3-5-10/h6-8,10H,3-5H2,1-2H3,(H,14,15). The molecule has 0 bridgehead atoms.